The molecule has 0 saturated heterocycles. The van der Waals surface area contributed by atoms with Crippen LogP contribution in [0.3, 0.4) is 0 Å². The van der Waals surface area contributed by atoms with Gasteiger partial charge in [-0.15, -0.1) is 0 Å². The van der Waals surface area contributed by atoms with Crippen molar-refractivity contribution < 1.29 is 10.0 Å². The van der Waals surface area contributed by atoms with Gasteiger partial charge in [-0.05, 0) is 28.1 Å². The Morgan fingerprint density at radius 2 is 2.26 bits per heavy atom. The number of halogens is 1. The molecule has 0 aliphatic carbocycles. The van der Waals surface area contributed by atoms with Crippen molar-refractivity contribution >= 4 is 33.5 Å². The average Bonchev–Trinajstić information content (AvgIpc) is 2.86. The van der Waals surface area contributed by atoms with Crippen molar-refractivity contribution in [3.63, 3.8) is 0 Å². The number of carbonyl (C=O) groups excluding carboxylic acids is 1. The highest BCUT2D eigenvalue weighted by Gasteiger charge is 2.14. The first kappa shape index (κ1) is 13.0. The molecule has 0 aromatic carbocycles. The van der Waals surface area contributed by atoms with Gasteiger partial charge in [0.15, 0.2) is 5.84 Å². The number of nitrogens with zero attached hydrogens (tertiary/aromatic N) is 3. The van der Waals surface area contributed by atoms with Gasteiger partial charge in [0.05, 0.1) is 11.8 Å². The molecule has 1 amide bonds. The van der Waals surface area contributed by atoms with Crippen LogP contribution in [0.5, 0.6) is 0 Å². The number of oxime groups is 1. The van der Waals surface area contributed by atoms with Gasteiger partial charge >= 0.3 is 0 Å². The molecule has 19 heavy (non-hydrogen) atoms. The summed E-state index contributed by atoms with van der Waals surface area (Å²) in [6.45, 7) is 0. The third-order valence-electron chi connectivity index (χ3n) is 2.22. The van der Waals surface area contributed by atoms with Crippen molar-refractivity contribution in [1.82, 2.24) is 15.2 Å². The molecule has 0 bridgehead atoms. The topological polar surface area (TPSA) is 129 Å². The van der Waals surface area contributed by atoms with Gasteiger partial charge < -0.3 is 16.3 Å². The van der Waals surface area contributed by atoms with E-state index in [0.29, 0.717) is 0 Å². The molecule has 5 N–H and O–H groups in total. The number of hydrogen-bond donors (Lipinski definition) is 4. The van der Waals surface area contributed by atoms with Crippen LogP contribution in [0, 0.1) is 0 Å². The lowest BCUT2D eigenvalue weighted by Crippen LogP contribution is -2.19. The third-order valence-corrected chi connectivity index (χ3v) is 2.69. The van der Waals surface area contributed by atoms with E-state index in [0.717, 1.165) is 4.47 Å². The molecule has 2 aromatic heterocycles. The summed E-state index contributed by atoms with van der Waals surface area (Å²) >= 11 is 3.22. The number of amides is 1. The van der Waals surface area contributed by atoms with E-state index in [2.05, 4.69) is 41.6 Å². The van der Waals surface area contributed by atoms with Gasteiger partial charge in [0.25, 0.3) is 5.91 Å². The zero-order valence-electron chi connectivity index (χ0n) is 9.46. The van der Waals surface area contributed by atoms with E-state index in [-0.39, 0.29) is 22.9 Å². The third kappa shape index (κ3) is 2.88. The molecule has 9 heteroatoms. The highest BCUT2D eigenvalue weighted by atomic mass is 79.9. The molecule has 2 heterocycles. The number of H-pyrrole nitrogens is 1. The van der Waals surface area contributed by atoms with E-state index in [1.165, 1.54) is 12.4 Å². The van der Waals surface area contributed by atoms with E-state index in [4.69, 9.17) is 10.9 Å². The van der Waals surface area contributed by atoms with Crippen LogP contribution in [0.25, 0.3) is 0 Å². The van der Waals surface area contributed by atoms with Gasteiger partial charge in [-0.1, -0.05) is 5.16 Å². The SMILES string of the molecule is NC(=NO)c1cn[nH]c1NC(=O)c1ccc(Br)cn1. The monoisotopic (exact) mass is 324 g/mol. The Morgan fingerprint density at radius 1 is 1.47 bits per heavy atom. The van der Waals surface area contributed by atoms with Gasteiger partial charge in [-0.25, -0.2) is 4.98 Å². The summed E-state index contributed by atoms with van der Waals surface area (Å²) < 4.78 is 0.767. The van der Waals surface area contributed by atoms with Gasteiger partial charge in [-0.3, -0.25) is 9.89 Å². The van der Waals surface area contributed by atoms with Gasteiger partial charge in [0.1, 0.15) is 11.5 Å². The maximum atomic E-state index is 11.9. The molecule has 2 rings (SSSR count). The number of aromatic nitrogens is 3. The lowest BCUT2D eigenvalue weighted by Gasteiger charge is -2.04. The zero-order chi connectivity index (χ0) is 13.8. The molecule has 0 aliphatic heterocycles. The number of carbonyl (C=O) groups is 1. The Labute approximate surface area is 115 Å². The van der Waals surface area contributed by atoms with E-state index in [9.17, 15) is 4.79 Å². The minimum Gasteiger partial charge on any atom is -0.409 e. The van der Waals surface area contributed by atoms with Crippen molar-refractivity contribution in [3.8, 4) is 0 Å². The highest BCUT2D eigenvalue weighted by molar-refractivity contribution is 9.10. The normalized spacial score (nSPS) is 11.3. The summed E-state index contributed by atoms with van der Waals surface area (Å²) in [5, 5.41) is 20.2. The van der Waals surface area contributed by atoms with Crippen molar-refractivity contribution in [2.24, 2.45) is 10.9 Å². The Hall–Kier alpha value is -2.42. The maximum Gasteiger partial charge on any atom is 0.275 e. The van der Waals surface area contributed by atoms with Gasteiger partial charge in [-0.2, -0.15) is 5.10 Å². The van der Waals surface area contributed by atoms with Crippen LogP contribution < -0.4 is 11.1 Å². The van der Waals surface area contributed by atoms with E-state index < -0.39 is 5.91 Å². The van der Waals surface area contributed by atoms with E-state index in [1.807, 2.05) is 0 Å². The summed E-state index contributed by atoms with van der Waals surface area (Å²) in [7, 11) is 0. The van der Waals surface area contributed by atoms with Crippen LogP contribution in [-0.4, -0.2) is 32.1 Å². The van der Waals surface area contributed by atoms with Crippen molar-refractivity contribution in [1.29, 1.82) is 0 Å². The number of amidine groups is 1. The summed E-state index contributed by atoms with van der Waals surface area (Å²) in [6.07, 6.45) is 2.84. The predicted molar refractivity (Wildman–Crippen MR) is 71.0 cm³/mol. The molecule has 0 atom stereocenters. The van der Waals surface area contributed by atoms with Crippen molar-refractivity contribution in [3.05, 3.63) is 40.3 Å². The summed E-state index contributed by atoms with van der Waals surface area (Å²) in [6, 6.07) is 3.25. The molecule has 0 unspecified atom stereocenters. The second-order valence-corrected chi connectivity index (χ2v) is 4.38. The number of hydrogen-bond acceptors (Lipinski definition) is 5. The summed E-state index contributed by atoms with van der Waals surface area (Å²) in [5.41, 5.74) is 5.95. The Kier molecular flexibility index (Phi) is 3.76. The molecule has 8 nitrogen and oxygen atoms in total. The second-order valence-electron chi connectivity index (χ2n) is 3.46. The lowest BCUT2D eigenvalue weighted by atomic mass is 10.3. The van der Waals surface area contributed by atoms with Crippen LogP contribution in [0.4, 0.5) is 5.82 Å². The van der Waals surface area contributed by atoms with Crippen LogP contribution in [0.1, 0.15) is 16.1 Å². The van der Waals surface area contributed by atoms with Gasteiger partial charge in [0.2, 0.25) is 0 Å². The number of nitrogens with one attached hydrogen (secondary N) is 2. The minimum absolute atomic E-state index is 0.159. The number of rotatable bonds is 3. The van der Waals surface area contributed by atoms with Gasteiger partial charge in [0, 0.05) is 10.7 Å². The zero-order valence-corrected chi connectivity index (χ0v) is 11.0. The molecule has 0 saturated carbocycles. The fraction of sp³-hybridized carbons (Fsp3) is 0. The fourth-order valence-corrected chi connectivity index (χ4v) is 1.55. The first-order valence-corrected chi connectivity index (χ1v) is 5.85. The number of nitrogens with two attached hydrogens (primary N) is 1. The first-order chi connectivity index (χ1) is 9.11. The number of anilines is 1. The maximum absolute atomic E-state index is 11.9. The Bertz CT molecular complexity index is 621. The van der Waals surface area contributed by atoms with Crippen LogP contribution in [-0.2, 0) is 0 Å². The summed E-state index contributed by atoms with van der Waals surface area (Å²) in [5.74, 6) is -0.374. The molecule has 98 valence electrons. The predicted octanol–water partition coefficient (Wildman–Crippen LogP) is 0.914. The molecule has 0 aliphatic rings. The summed E-state index contributed by atoms with van der Waals surface area (Å²) in [4.78, 5) is 15.9. The van der Waals surface area contributed by atoms with Crippen LogP contribution in [0.15, 0.2) is 34.2 Å². The largest absolute Gasteiger partial charge is 0.409 e. The fourth-order valence-electron chi connectivity index (χ4n) is 1.32. The Balaban J connectivity index is 2.20. The average molecular weight is 325 g/mol. The van der Waals surface area contributed by atoms with Crippen molar-refractivity contribution in [2.75, 3.05) is 5.32 Å². The van der Waals surface area contributed by atoms with Crippen LogP contribution in [0.2, 0.25) is 0 Å². The smallest absolute Gasteiger partial charge is 0.275 e. The number of pyridine rings is 1. The second kappa shape index (κ2) is 5.48. The lowest BCUT2D eigenvalue weighted by molar-refractivity contribution is 0.102. The molecule has 0 fully saturated rings. The minimum atomic E-state index is -0.441. The van der Waals surface area contributed by atoms with Crippen molar-refractivity contribution in [2.45, 2.75) is 0 Å². The molecule has 0 spiro atoms. The molecular weight excluding hydrogens is 316 g/mol. The first-order valence-electron chi connectivity index (χ1n) is 5.06. The standard InChI is InChI=1S/C10H9BrN6O2/c11-5-1-2-7(13-3-5)10(18)15-9-6(4-14-16-9)8(12)17-19/h1-4,19H,(H2,12,17)(H2,14,15,16,18). The quantitative estimate of drug-likeness (QED) is 0.288. The molecule has 0 radical (unpaired) electrons. The molecular formula is C10H9BrN6O2. The Morgan fingerprint density at radius 3 is 2.89 bits per heavy atom. The number of aromatic amines is 1. The van der Waals surface area contributed by atoms with Crippen LogP contribution >= 0.6 is 15.9 Å². The van der Waals surface area contributed by atoms with E-state index in [1.54, 1.807) is 12.1 Å². The highest BCUT2D eigenvalue weighted by Crippen LogP contribution is 2.13. The van der Waals surface area contributed by atoms with E-state index >= 15 is 0 Å². The molecule has 2 aromatic rings.